The minimum atomic E-state index is -0.558. The van der Waals surface area contributed by atoms with E-state index < -0.39 is 17.7 Å². The Balaban J connectivity index is 1.93. The van der Waals surface area contributed by atoms with Gasteiger partial charge in [-0.1, -0.05) is 0 Å². The molecule has 100 valence electrons. The van der Waals surface area contributed by atoms with E-state index in [1.54, 1.807) is 0 Å². The molecule has 3 heterocycles. The number of likely N-dealkylation sites (tertiary alicyclic amines) is 1. The van der Waals surface area contributed by atoms with Gasteiger partial charge in [0, 0.05) is 19.8 Å². The van der Waals surface area contributed by atoms with E-state index in [0.29, 0.717) is 45.4 Å². The van der Waals surface area contributed by atoms with Gasteiger partial charge in [-0.2, -0.15) is 0 Å². The Morgan fingerprint density at radius 3 is 2.22 bits per heavy atom. The fourth-order valence-corrected chi connectivity index (χ4v) is 3.13. The van der Waals surface area contributed by atoms with Crippen LogP contribution in [-0.4, -0.2) is 54.2 Å². The summed E-state index contributed by atoms with van der Waals surface area (Å²) in [5.74, 6) is -0.415. The fourth-order valence-electron chi connectivity index (χ4n) is 3.13. The second kappa shape index (κ2) is 4.29. The fraction of sp³-hybridized carbons (Fsp3) is 0.833. The van der Waals surface area contributed by atoms with Gasteiger partial charge in [0.15, 0.2) is 0 Å². The van der Waals surface area contributed by atoms with Gasteiger partial charge in [0.2, 0.25) is 0 Å². The quantitative estimate of drug-likeness (QED) is 0.666. The van der Waals surface area contributed by atoms with Crippen LogP contribution in [0.4, 0.5) is 0 Å². The van der Waals surface area contributed by atoms with Crippen molar-refractivity contribution in [2.45, 2.75) is 43.4 Å². The summed E-state index contributed by atoms with van der Waals surface area (Å²) in [6.45, 7) is 1.39. The van der Waals surface area contributed by atoms with Crippen molar-refractivity contribution in [3.63, 3.8) is 0 Å². The van der Waals surface area contributed by atoms with Crippen LogP contribution in [0.25, 0.3) is 0 Å². The Labute approximate surface area is 105 Å². The summed E-state index contributed by atoms with van der Waals surface area (Å²) in [4.78, 5) is 26.1. The number of ether oxygens (including phenoxy) is 2. The highest BCUT2D eigenvalue weighted by Crippen LogP contribution is 2.36. The average molecular weight is 254 g/mol. The van der Waals surface area contributed by atoms with Crippen LogP contribution in [0, 0.1) is 0 Å². The molecular weight excluding hydrogens is 236 g/mol. The zero-order valence-electron chi connectivity index (χ0n) is 10.3. The lowest BCUT2D eigenvalue weighted by molar-refractivity contribution is -0.180. The normalized spacial score (nSPS) is 35.1. The Hall–Kier alpha value is -0.980. The SMILES string of the molecule is NCC1(N2C(=O)C3CCC(O3)C2=O)CCOCC1. The van der Waals surface area contributed by atoms with E-state index in [0.717, 1.165) is 0 Å². The van der Waals surface area contributed by atoms with Gasteiger partial charge in [0.05, 0.1) is 5.54 Å². The van der Waals surface area contributed by atoms with Crippen LogP contribution in [0.1, 0.15) is 25.7 Å². The Kier molecular flexibility index (Phi) is 2.88. The molecule has 3 saturated heterocycles. The maximum absolute atomic E-state index is 12.3. The highest BCUT2D eigenvalue weighted by molar-refractivity contribution is 6.03. The first-order chi connectivity index (χ1) is 8.68. The molecule has 3 fully saturated rings. The summed E-state index contributed by atoms with van der Waals surface area (Å²) >= 11 is 0. The molecule has 0 aromatic carbocycles. The number of nitrogens with zero attached hydrogens (tertiary/aromatic N) is 1. The van der Waals surface area contributed by atoms with E-state index in [-0.39, 0.29) is 11.8 Å². The van der Waals surface area contributed by atoms with E-state index >= 15 is 0 Å². The maximum atomic E-state index is 12.3. The number of hydrogen-bond acceptors (Lipinski definition) is 5. The van der Waals surface area contributed by atoms with Crippen LogP contribution < -0.4 is 5.73 Å². The van der Waals surface area contributed by atoms with Crippen LogP contribution >= 0.6 is 0 Å². The molecule has 0 aromatic rings. The van der Waals surface area contributed by atoms with Crippen molar-refractivity contribution in [2.24, 2.45) is 5.73 Å². The summed E-state index contributed by atoms with van der Waals surface area (Å²) in [6.07, 6.45) is 1.64. The number of rotatable bonds is 2. The first kappa shape index (κ1) is 12.1. The number of morpholine rings is 1. The Morgan fingerprint density at radius 1 is 1.17 bits per heavy atom. The number of imide groups is 1. The smallest absolute Gasteiger partial charge is 0.258 e. The summed E-state index contributed by atoms with van der Waals surface area (Å²) < 4.78 is 10.7. The molecule has 2 bridgehead atoms. The van der Waals surface area contributed by atoms with Crippen LogP contribution in [0.2, 0.25) is 0 Å². The molecule has 6 heteroatoms. The van der Waals surface area contributed by atoms with E-state index in [4.69, 9.17) is 15.2 Å². The lowest BCUT2D eigenvalue weighted by Crippen LogP contribution is -2.66. The predicted octanol–water partition coefficient (Wildman–Crippen LogP) is -0.589. The van der Waals surface area contributed by atoms with Gasteiger partial charge in [-0.25, -0.2) is 0 Å². The molecule has 0 aliphatic carbocycles. The van der Waals surface area contributed by atoms with Gasteiger partial charge in [0.25, 0.3) is 11.8 Å². The highest BCUT2D eigenvalue weighted by Gasteiger charge is 2.54. The standard InChI is InChI=1S/C12H18N2O4/c13-7-12(3-5-17-6-4-12)14-10(15)8-1-2-9(18-8)11(14)16/h8-9H,1-7,13H2. The molecule has 2 atom stereocenters. The van der Waals surface area contributed by atoms with Crippen molar-refractivity contribution >= 4 is 11.8 Å². The molecule has 2 amide bonds. The van der Waals surface area contributed by atoms with Gasteiger partial charge >= 0.3 is 0 Å². The van der Waals surface area contributed by atoms with Crippen molar-refractivity contribution in [3.8, 4) is 0 Å². The minimum Gasteiger partial charge on any atom is -0.381 e. The predicted molar refractivity (Wildman–Crippen MR) is 61.6 cm³/mol. The molecule has 2 unspecified atom stereocenters. The number of nitrogens with two attached hydrogens (primary N) is 1. The summed E-state index contributed by atoms with van der Waals surface area (Å²) in [6, 6.07) is 0. The van der Waals surface area contributed by atoms with Gasteiger partial charge in [0.1, 0.15) is 12.2 Å². The van der Waals surface area contributed by atoms with Crippen LogP contribution in [0.15, 0.2) is 0 Å². The molecular formula is C12H18N2O4. The number of carbonyl (C=O) groups is 2. The summed E-state index contributed by atoms with van der Waals surface area (Å²) in [5, 5.41) is 0. The molecule has 3 aliphatic rings. The average Bonchev–Trinajstić information content (AvgIpc) is 2.85. The van der Waals surface area contributed by atoms with E-state index in [9.17, 15) is 9.59 Å². The van der Waals surface area contributed by atoms with Crippen LogP contribution in [0.5, 0.6) is 0 Å². The zero-order valence-corrected chi connectivity index (χ0v) is 10.3. The monoisotopic (exact) mass is 254 g/mol. The number of fused-ring (bicyclic) bond motifs is 2. The van der Waals surface area contributed by atoms with Crippen molar-refractivity contribution in [3.05, 3.63) is 0 Å². The number of carbonyl (C=O) groups excluding carboxylic acids is 2. The number of amides is 2. The summed E-state index contributed by atoms with van der Waals surface area (Å²) in [5.41, 5.74) is 5.30. The lowest BCUT2D eigenvalue weighted by Gasteiger charge is -2.47. The minimum absolute atomic E-state index is 0.207. The van der Waals surface area contributed by atoms with Gasteiger partial charge in [-0.15, -0.1) is 0 Å². The van der Waals surface area contributed by atoms with E-state index in [1.165, 1.54) is 4.90 Å². The third-order valence-electron chi connectivity index (χ3n) is 4.29. The molecule has 2 N–H and O–H groups in total. The first-order valence-electron chi connectivity index (χ1n) is 6.49. The third kappa shape index (κ3) is 1.60. The maximum Gasteiger partial charge on any atom is 0.258 e. The lowest BCUT2D eigenvalue weighted by atomic mass is 9.87. The van der Waals surface area contributed by atoms with Crippen LogP contribution in [-0.2, 0) is 19.1 Å². The molecule has 18 heavy (non-hydrogen) atoms. The van der Waals surface area contributed by atoms with Crippen molar-refractivity contribution in [1.29, 1.82) is 0 Å². The Bertz CT molecular complexity index is 356. The molecule has 3 rings (SSSR count). The highest BCUT2D eigenvalue weighted by atomic mass is 16.5. The first-order valence-corrected chi connectivity index (χ1v) is 6.49. The van der Waals surface area contributed by atoms with Gasteiger partial charge in [-0.3, -0.25) is 14.5 Å². The van der Waals surface area contributed by atoms with Crippen molar-refractivity contribution in [2.75, 3.05) is 19.8 Å². The van der Waals surface area contributed by atoms with E-state index in [1.807, 2.05) is 0 Å². The molecule has 6 nitrogen and oxygen atoms in total. The van der Waals surface area contributed by atoms with Crippen molar-refractivity contribution < 1.29 is 19.1 Å². The molecule has 0 aromatic heterocycles. The second-order valence-corrected chi connectivity index (χ2v) is 5.24. The Morgan fingerprint density at radius 2 is 1.72 bits per heavy atom. The van der Waals surface area contributed by atoms with E-state index in [2.05, 4.69) is 0 Å². The molecule has 0 saturated carbocycles. The largest absolute Gasteiger partial charge is 0.381 e. The molecule has 0 spiro atoms. The number of hydrogen-bond donors (Lipinski definition) is 1. The topological polar surface area (TPSA) is 81.9 Å². The molecule has 0 radical (unpaired) electrons. The van der Waals surface area contributed by atoms with Crippen molar-refractivity contribution in [1.82, 2.24) is 4.90 Å². The van der Waals surface area contributed by atoms with Crippen LogP contribution in [0.3, 0.4) is 0 Å². The third-order valence-corrected chi connectivity index (χ3v) is 4.29. The second-order valence-electron chi connectivity index (χ2n) is 5.24. The zero-order chi connectivity index (χ0) is 12.8. The van der Waals surface area contributed by atoms with Gasteiger partial charge in [-0.05, 0) is 25.7 Å². The van der Waals surface area contributed by atoms with Gasteiger partial charge < -0.3 is 15.2 Å². The summed E-state index contributed by atoms with van der Waals surface area (Å²) in [7, 11) is 0. The molecule has 3 aliphatic heterocycles.